The lowest BCUT2D eigenvalue weighted by Gasteiger charge is -2.20. The van der Waals surface area contributed by atoms with Crippen molar-refractivity contribution in [2.45, 2.75) is 0 Å². The zero-order valence-corrected chi connectivity index (χ0v) is 13.3. The standard InChI is InChI=1S/C11H13BrClN5O3/c12-3-6-21-8-16-4-5-17(11(16)15-18(19)20)9-1-2-10(13)14-7-9/h1-2,7H,3-6,8H2. The summed E-state index contributed by atoms with van der Waals surface area (Å²) in [5.74, 6) is 0.235. The molecule has 21 heavy (non-hydrogen) atoms. The quantitative estimate of drug-likeness (QED) is 0.247. The van der Waals surface area contributed by atoms with Crippen LogP contribution in [0.1, 0.15) is 0 Å². The molecule has 1 aliphatic rings. The van der Waals surface area contributed by atoms with Gasteiger partial charge in [-0.3, -0.25) is 0 Å². The molecule has 1 aromatic rings. The summed E-state index contributed by atoms with van der Waals surface area (Å²) in [6, 6.07) is 3.37. The number of alkyl halides is 1. The maximum atomic E-state index is 10.7. The fourth-order valence-electron chi connectivity index (χ4n) is 1.91. The summed E-state index contributed by atoms with van der Waals surface area (Å²) >= 11 is 9.01. The van der Waals surface area contributed by atoms with E-state index < -0.39 is 5.03 Å². The number of nitrogens with zero attached hydrogens (tertiary/aromatic N) is 5. The van der Waals surface area contributed by atoms with Crippen LogP contribution in [-0.4, -0.2) is 52.6 Å². The van der Waals surface area contributed by atoms with Gasteiger partial charge in [-0.1, -0.05) is 27.5 Å². The van der Waals surface area contributed by atoms with Crippen LogP contribution in [0.15, 0.2) is 23.4 Å². The Labute approximate surface area is 134 Å². The van der Waals surface area contributed by atoms with E-state index >= 15 is 0 Å². The number of hydrazone groups is 1. The number of halogens is 2. The van der Waals surface area contributed by atoms with Crippen LogP contribution in [0, 0.1) is 10.1 Å². The van der Waals surface area contributed by atoms with Gasteiger partial charge >= 0.3 is 0 Å². The summed E-state index contributed by atoms with van der Waals surface area (Å²) in [6.45, 7) is 1.91. The van der Waals surface area contributed by atoms with Crippen molar-refractivity contribution < 1.29 is 9.77 Å². The predicted molar refractivity (Wildman–Crippen MR) is 82.3 cm³/mol. The molecule has 1 aliphatic heterocycles. The van der Waals surface area contributed by atoms with E-state index in [1.54, 1.807) is 28.1 Å². The van der Waals surface area contributed by atoms with E-state index in [1.807, 2.05) is 0 Å². The fourth-order valence-corrected chi connectivity index (χ4v) is 2.25. The molecule has 0 aliphatic carbocycles. The molecule has 0 radical (unpaired) electrons. The van der Waals surface area contributed by atoms with Gasteiger partial charge in [0.1, 0.15) is 17.0 Å². The van der Waals surface area contributed by atoms with Gasteiger partial charge in [-0.2, -0.15) is 0 Å². The van der Waals surface area contributed by atoms with Gasteiger partial charge in [-0.15, -0.1) is 0 Å². The second kappa shape index (κ2) is 7.53. The zero-order valence-electron chi connectivity index (χ0n) is 11.0. The summed E-state index contributed by atoms with van der Waals surface area (Å²) < 4.78 is 5.39. The number of ether oxygens (including phenoxy) is 1. The number of pyridine rings is 1. The average Bonchev–Trinajstić information content (AvgIpc) is 2.82. The summed E-state index contributed by atoms with van der Waals surface area (Å²) in [4.78, 5) is 18.1. The van der Waals surface area contributed by atoms with E-state index in [0.29, 0.717) is 35.9 Å². The Balaban J connectivity index is 2.17. The summed E-state index contributed by atoms with van der Waals surface area (Å²) in [7, 11) is 0. The van der Waals surface area contributed by atoms with Crippen molar-refractivity contribution in [2.75, 3.05) is 36.7 Å². The van der Waals surface area contributed by atoms with Gasteiger partial charge < -0.3 is 14.5 Å². The molecule has 0 aromatic carbocycles. The fraction of sp³-hybridized carbons (Fsp3) is 0.455. The first-order chi connectivity index (χ1) is 10.1. The van der Waals surface area contributed by atoms with E-state index in [9.17, 15) is 10.1 Å². The van der Waals surface area contributed by atoms with Crippen LogP contribution in [0.5, 0.6) is 0 Å². The molecule has 0 atom stereocenters. The van der Waals surface area contributed by atoms with Crippen LogP contribution in [0.4, 0.5) is 5.69 Å². The van der Waals surface area contributed by atoms with Crippen molar-refractivity contribution in [1.82, 2.24) is 9.88 Å². The number of rotatable bonds is 6. The SMILES string of the molecule is O=[N+]([O-])N=C1N(COCCBr)CCN1c1ccc(Cl)nc1. The Kier molecular flexibility index (Phi) is 5.71. The monoisotopic (exact) mass is 377 g/mol. The van der Waals surface area contributed by atoms with Gasteiger partial charge in [-0.05, 0) is 12.1 Å². The molecule has 0 spiro atoms. The third-order valence-corrected chi connectivity index (χ3v) is 3.33. The number of aromatic nitrogens is 1. The molecule has 0 saturated carbocycles. The highest BCUT2D eigenvalue weighted by Crippen LogP contribution is 2.21. The minimum atomic E-state index is -0.714. The molecule has 2 rings (SSSR count). The molecule has 0 N–H and O–H groups in total. The first kappa shape index (κ1) is 15.9. The maximum absolute atomic E-state index is 10.7. The van der Waals surface area contributed by atoms with Crippen LogP contribution in [-0.2, 0) is 4.74 Å². The molecule has 2 heterocycles. The highest BCUT2D eigenvalue weighted by molar-refractivity contribution is 9.09. The largest absolute Gasteiger partial charge is 0.360 e. The van der Waals surface area contributed by atoms with Crippen molar-refractivity contribution in [1.29, 1.82) is 0 Å². The smallest absolute Gasteiger partial charge is 0.280 e. The lowest BCUT2D eigenvalue weighted by molar-refractivity contribution is -0.485. The molecular formula is C11H13BrClN5O3. The van der Waals surface area contributed by atoms with Crippen LogP contribution in [0.25, 0.3) is 0 Å². The summed E-state index contributed by atoms with van der Waals surface area (Å²) in [6.07, 6.45) is 1.56. The minimum Gasteiger partial charge on any atom is -0.360 e. The molecular weight excluding hydrogens is 366 g/mol. The van der Waals surface area contributed by atoms with Gasteiger partial charge in [0.25, 0.3) is 5.96 Å². The van der Waals surface area contributed by atoms with Crippen LogP contribution >= 0.6 is 27.5 Å². The molecule has 8 nitrogen and oxygen atoms in total. The lowest BCUT2D eigenvalue weighted by atomic mass is 10.4. The van der Waals surface area contributed by atoms with Crippen molar-refractivity contribution in [2.24, 2.45) is 5.10 Å². The van der Waals surface area contributed by atoms with Crippen LogP contribution in [0.3, 0.4) is 0 Å². The highest BCUT2D eigenvalue weighted by atomic mass is 79.9. The van der Waals surface area contributed by atoms with E-state index in [1.165, 1.54) is 0 Å². The molecule has 1 saturated heterocycles. The van der Waals surface area contributed by atoms with Crippen molar-refractivity contribution in [3.05, 3.63) is 33.6 Å². The van der Waals surface area contributed by atoms with Crippen molar-refractivity contribution >= 4 is 39.2 Å². The van der Waals surface area contributed by atoms with Crippen LogP contribution in [0.2, 0.25) is 5.15 Å². The van der Waals surface area contributed by atoms with Gasteiger partial charge in [-0.25, -0.2) is 15.1 Å². The third-order valence-electron chi connectivity index (χ3n) is 2.78. The topological polar surface area (TPSA) is 84.1 Å². The number of nitro groups is 1. The Hall–Kier alpha value is -1.45. The Morgan fingerprint density at radius 3 is 2.95 bits per heavy atom. The molecule has 1 fully saturated rings. The van der Waals surface area contributed by atoms with E-state index in [-0.39, 0.29) is 12.7 Å². The maximum Gasteiger partial charge on any atom is 0.280 e. The average molecular weight is 379 g/mol. The lowest BCUT2D eigenvalue weighted by Crippen LogP contribution is -2.36. The van der Waals surface area contributed by atoms with Gasteiger partial charge in [0.15, 0.2) is 5.03 Å². The third kappa shape index (κ3) is 4.26. The normalized spacial score (nSPS) is 16.8. The summed E-state index contributed by atoms with van der Waals surface area (Å²) in [5.41, 5.74) is 0.697. The van der Waals surface area contributed by atoms with Crippen molar-refractivity contribution in [3.8, 4) is 0 Å². The number of anilines is 1. The molecule has 10 heteroatoms. The number of guanidine groups is 1. The Morgan fingerprint density at radius 1 is 1.52 bits per heavy atom. The van der Waals surface area contributed by atoms with E-state index in [0.717, 1.165) is 0 Å². The van der Waals surface area contributed by atoms with E-state index in [2.05, 4.69) is 26.0 Å². The van der Waals surface area contributed by atoms with Gasteiger partial charge in [0.2, 0.25) is 0 Å². The van der Waals surface area contributed by atoms with Gasteiger partial charge in [0, 0.05) is 18.4 Å². The summed E-state index contributed by atoms with van der Waals surface area (Å²) in [5, 5.41) is 14.5. The first-order valence-electron chi connectivity index (χ1n) is 6.12. The number of hydrogen-bond donors (Lipinski definition) is 0. The molecule has 0 bridgehead atoms. The highest BCUT2D eigenvalue weighted by Gasteiger charge is 2.31. The van der Waals surface area contributed by atoms with Gasteiger partial charge in [0.05, 0.1) is 18.5 Å². The Morgan fingerprint density at radius 2 is 2.33 bits per heavy atom. The second-order valence-corrected chi connectivity index (χ2v) is 5.30. The Bertz CT molecular complexity index is 527. The molecule has 1 aromatic heterocycles. The predicted octanol–water partition coefficient (Wildman–Crippen LogP) is 1.77. The van der Waals surface area contributed by atoms with Crippen molar-refractivity contribution in [3.63, 3.8) is 0 Å². The second-order valence-electron chi connectivity index (χ2n) is 4.12. The minimum absolute atomic E-state index is 0.235. The number of hydrogen-bond acceptors (Lipinski definition) is 4. The first-order valence-corrected chi connectivity index (χ1v) is 7.62. The van der Waals surface area contributed by atoms with E-state index in [4.69, 9.17) is 16.3 Å². The molecule has 0 amide bonds. The zero-order chi connectivity index (χ0) is 15.2. The van der Waals surface area contributed by atoms with Crippen LogP contribution < -0.4 is 4.90 Å². The molecule has 0 unspecified atom stereocenters. The molecule has 114 valence electrons.